The average Bonchev–Trinajstić information content (AvgIpc) is 2.47. The molecule has 0 spiro atoms. The van der Waals surface area contributed by atoms with Gasteiger partial charge in [0.2, 0.25) is 0 Å². The van der Waals surface area contributed by atoms with Gasteiger partial charge in [0.1, 0.15) is 16.1 Å². The summed E-state index contributed by atoms with van der Waals surface area (Å²) in [6, 6.07) is 5.93. The normalized spacial score (nSPS) is 16.6. The summed E-state index contributed by atoms with van der Waals surface area (Å²) in [4.78, 5) is 0. The Bertz CT molecular complexity index is 816. The predicted molar refractivity (Wildman–Crippen MR) is 106 cm³/mol. The first-order chi connectivity index (χ1) is 11.6. The Morgan fingerprint density at radius 1 is 1.27 bits per heavy atom. The van der Waals surface area contributed by atoms with E-state index in [-0.39, 0.29) is 5.56 Å². The molecule has 0 aliphatic carbocycles. The van der Waals surface area contributed by atoms with E-state index in [2.05, 4.69) is 20.7 Å². The van der Waals surface area contributed by atoms with E-state index in [1.54, 1.807) is 26.8 Å². The third-order valence-corrected chi connectivity index (χ3v) is 8.77. The van der Waals surface area contributed by atoms with Gasteiger partial charge in [-0.3, -0.25) is 0 Å². The van der Waals surface area contributed by atoms with E-state index in [0.717, 1.165) is 0 Å². The first kappa shape index (κ1) is 23.4. The van der Waals surface area contributed by atoms with Crippen molar-refractivity contribution in [1.82, 2.24) is 4.72 Å². The van der Waals surface area contributed by atoms with Gasteiger partial charge in [-0.15, -0.1) is 4.72 Å². The van der Waals surface area contributed by atoms with Crippen molar-refractivity contribution < 1.29 is 17.4 Å². The maximum atomic E-state index is 14.5. The van der Waals surface area contributed by atoms with Crippen molar-refractivity contribution in [3.8, 4) is 6.07 Å². The van der Waals surface area contributed by atoms with Crippen LogP contribution >= 0.6 is 15.9 Å². The van der Waals surface area contributed by atoms with Crippen LogP contribution in [-0.2, 0) is 26.7 Å². The zero-order chi connectivity index (χ0) is 20.6. The maximum Gasteiger partial charge on any atom is 0.171 e. The molecular weight excluding hydrogens is 443 g/mol. The summed E-state index contributed by atoms with van der Waals surface area (Å²) in [5.74, 6) is -1.21. The molecule has 0 aliphatic rings. The molecule has 0 radical (unpaired) electrons. The Labute approximate surface area is 166 Å². The van der Waals surface area contributed by atoms with E-state index >= 15 is 0 Å². The number of halogens is 2. The minimum absolute atomic E-state index is 0.0572. The van der Waals surface area contributed by atoms with Crippen molar-refractivity contribution in [1.29, 1.82) is 5.26 Å². The van der Waals surface area contributed by atoms with E-state index < -0.39 is 47.8 Å². The molecule has 0 fully saturated rings. The largest absolute Gasteiger partial charge is 0.598 e. The lowest BCUT2D eigenvalue weighted by atomic mass is 9.95. The van der Waals surface area contributed by atoms with E-state index in [4.69, 9.17) is 0 Å². The fraction of sp³-hybridized carbons (Fsp3) is 0.588. The summed E-state index contributed by atoms with van der Waals surface area (Å²) in [5, 5.41) is 9.22. The van der Waals surface area contributed by atoms with Crippen molar-refractivity contribution >= 4 is 37.1 Å². The summed E-state index contributed by atoms with van der Waals surface area (Å²) in [6.07, 6.45) is 0. The molecular formula is C17H24BrFN2O3S2. The topological polar surface area (TPSA) is 93.0 Å². The molecule has 0 saturated carbocycles. The fourth-order valence-electron chi connectivity index (χ4n) is 2.07. The van der Waals surface area contributed by atoms with E-state index in [1.165, 1.54) is 39.0 Å². The summed E-state index contributed by atoms with van der Waals surface area (Å²) in [6.45, 7) is 9.23. The van der Waals surface area contributed by atoms with Gasteiger partial charge in [-0.1, -0.05) is 15.9 Å². The number of nitrogens with zero attached hydrogens (tertiary/aromatic N) is 1. The highest BCUT2D eigenvalue weighted by Gasteiger charge is 2.46. The molecule has 2 atom stereocenters. The average molecular weight is 467 g/mol. The Hall–Kier alpha value is -0.660. The molecule has 0 unspecified atom stereocenters. The van der Waals surface area contributed by atoms with Crippen LogP contribution in [0, 0.1) is 17.1 Å². The van der Waals surface area contributed by atoms with Crippen LogP contribution < -0.4 is 4.72 Å². The molecule has 1 aromatic carbocycles. The van der Waals surface area contributed by atoms with Crippen molar-refractivity contribution in [2.24, 2.45) is 0 Å². The SMILES string of the molecule is CC(C)(C)[S@@+]([O-])N[C@](C)(CS(=O)(=O)C(C)(C)C#N)c1cc(Br)ccc1F. The summed E-state index contributed by atoms with van der Waals surface area (Å²) >= 11 is 1.59. The number of sulfone groups is 1. The van der Waals surface area contributed by atoms with Gasteiger partial charge in [-0.25, -0.2) is 12.8 Å². The van der Waals surface area contributed by atoms with Gasteiger partial charge in [0.05, 0.1) is 11.8 Å². The number of rotatable bonds is 6. The highest BCUT2D eigenvalue weighted by molar-refractivity contribution is 9.10. The van der Waals surface area contributed by atoms with Crippen LogP contribution in [0.25, 0.3) is 0 Å². The third kappa shape index (κ3) is 5.20. The standard InChI is InChI=1S/C17H24BrFN2O3S2/c1-15(2,3)25(22)21-17(6,11-26(23,24)16(4,5)10-20)13-9-12(18)7-8-14(13)19/h7-9,21H,11H2,1-6H3/t17-,25-/m1/s1. The third-order valence-electron chi connectivity index (χ3n) is 3.92. The Morgan fingerprint density at radius 2 is 1.81 bits per heavy atom. The van der Waals surface area contributed by atoms with Crippen LogP contribution in [0.3, 0.4) is 0 Å². The molecule has 0 heterocycles. The highest BCUT2D eigenvalue weighted by Crippen LogP contribution is 2.33. The van der Waals surface area contributed by atoms with E-state index in [0.29, 0.717) is 4.47 Å². The molecule has 0 saturated heterocycles. The zero-order valence-corrected chi connectivity index (χ0v) is 18.9. The van der Waals surface area contributed by atoms with E-state index in [1.807, 2.05) is 0 Å². The first-order valence-corrected chi connectivity index (χ1v) is 11.4. The van der Waals surface area contributed by atoms with Gasteiger partial charge >= 0.3 is 0 Å². The monoisotopic (exact) mass is 466 g/mol. The van der Waals surface area contributed by atoms with Gasteiger partial charge in [0.25, 0.3) is 0 Å². The second-order valence-corrected chi connectivity index (χ2v) is 13.2. The van der Waals surface area contributed by atoms with Crippen LogP contribution in [0.2, 0.25) is 0 Å². The summed E-state index contributed by atoms with van der Waals surface area (Å²) in [7, 11) is -3.98. The quantitative estimate of drug-likeness (QED) is 0.646. The molecule has 1 aromatic rings. The molecule has 146 valence electrons. The smallest absolute Gasteiger partial charge is 0.171 e. The minimum Gasteiger partial charge on any atom is -0.598 e. The lowest BCUT2D eigenvalue weighted by molar-refractivity contribution is 0.431. The highest BCUT2D eigenvalue weighted by atomic mass is 79.9. The van der Waals surface area contributed by atoms with Gasteiger partial charge < -0.3 is 4.55 Å². The van der Waals surface area contributed by atoms with Crippen molar-refractivity contribution in [3.63, 3.8) is 0 Å². The van der Waals surface area contributed by atoms with Crippen LogP contribution in [0.1, 0.15) is 47.1 Å². The number of benzene rings is 1. The lowest BCUT2D eigenvalue weighted by Gasteiger charge is -2.36. The molecule has 26 heavy (non-hydrogen) atoms. The van der Waals surface area contributed by atoms with Crippen molar-refractivity contribution in [3.05, 3.63) is 34.1 Å². The Kier molecular flexibility index (Phi) is 6.98. The number of nitriles is 1. The molecule has 1 rings (SSSR count). The summed E-state index contributed by atoms with van der Waals surface area (Å²) < 4.78 is 53.8. The maximum absolute atomic E-state index is 14.5. The molecule has 0 aliphatic heterocycles. The van der Waals surface area contributed by atoms with Crippen LogP contribution in [0.15, 0.2) is 22.7 Å². The molecule has 0 amide bonds. The van der Waals surface area contributed by atoms with Gasteiger partial charge in [-0.2, -0.15) is 5.26 Å². The summed E-state index contributed by atoms with van der Waals surface area (Å²) in [5.41, 5.74) is -1.44. The Morgan fingerprint density at radius 3 is 2.27 bits per heavy atom. The number of nitrogens with one attached hydrogen (secondary N) is 1. The molecule has 0 bridgehead atoms. The lowest BCUT2D eigenvalue weighted by Crippen LogP contribution is -2.55. The molecule has 9 heteroatoms. The number of hydrogen-bond donors (Lipinski definition) is 1. The van der Waals surface area contributed by atoms with Gasteiger partial charge in [0, 0.05) is 21.4 Å². The molecule has 5 nitrogen and oxygen atoms in total. The Balaban J connectivity index is 3.54. The fourth-order valence-corrected chi connectivity index (χ4v) is 4.91. The molecule has 0 aromatic heterocycles. The first-order valence-electron chi connectivity index (χ1n) is 7.84. The van der Waals surface area contributed by atoms with Gasteiger partial charge in [-0.05, 0) is 59.7 Å². The van der Waals surface area contributed by atoms with Crippen LogP contribution in [0.4, 0.5) is 4.39 Å². The van der Waals surface area contributed by atoms with Crippen LogP contribution in [-0.4, -0.2) is 28.2 Å². The zero-order valence-electron chi connectivity index (χ0n) is 15.7. The predicted octanol–water partition coefficient (Wildman–Crippen LogP) is 3.57. The second kappa shape index (κ2) is 7.76. The van der Waals surface area contributed by atoms with Crippen molar-refractivity contribution in [2.45, 2.75) is 56.6 Å². The molecule has 1 N–H and O–H groups in total. The van der Waals surface area contributed by atoms with E-state index in [9.17, 15) is 22.6 Å². The van der Waals surface area contributed by atoms with Gasteiger partial charge in [0.15, 0.2) is 14.6 Å². The number of hydrogen-bond acceptors (Lipinski definition) is 5. The second-order valence-electron chi connectivity index (χ2n) is 7.82. The minimum atomic E-state index is -3.98. The van der Waals surface area contributed by atoms with Crippen molar-refractivity contribution in [2.75, 3.05) is 5.75 Å². The van der Waals surface area contributed by atoms with Crippen LogP contribution in [0.5, 0.6) is 0 Å².